The summed E-state index contributed by atoms with van der Waals surface area (Å²) in [5, 5.41) is 0. The fraction of sp³-hybridized carbons (Fsp3) is 0.385. The smallest absolute Gasteiger partial charge is 0.0166 e. The second-order valence-electron chi connectivity index (χ2n) is 3.11. The molecule has 0 saturated carbocycles. The van der Waals surface area contributed by atoms with Crippen LogP contribution in [-0.2, 0) is 0 Å². The Balaban J connectivity index is 2.38. The van der Waals surface area contributed by atoms with Crippen LogP contribution in [0.2, 0.25) is 0 Å². The summed E-state index contributed by atoms with van der Waals surface area (Å²) in [5.41, 5.74) is 0. The average Bonchev–Trinajstić information content (AvgIpc) is 2.18. The summed E-state index contributed by atoms with van der Waals surface area (Å²) in [6.07, 6.45) is 24.0. The maximum Gasteiger partial charge on any atom is -0.0166 e. The first-order valence-corrected chi connectivity index (χ1v) is 5.02. The van der Waals surface area contributed by atoms with Crippen molar-refractivity contribution in [3.63, 3.8) is 0 Å². The van der Waals surface area contributed by atoms with E-state index >= 15 is 0 Å². The van der Waals surface area contributed by atoms with E-state index in [4.69, 9.17) is 0 Å². The third-order valence-electron chi connectivity index (χ3n) is 1.92. The van der Waals surface area contributed by atoms with Gasteiger partial charge in [-0.1, -0.05) is 42.5 Å². The Kier molecular flexibility index (Phi) is 5.87. The lowest BCUT2D eigenvalue weighted by Gasteiger charge is -1.88. The van der Waals surface area contributed by atoms with Crippen LogP contribution in [0.5, 0.6) is 0 Å². The van der Waals surface area contributed by atoms with Crippen molar-refractivity contribution in [1.29, 1.82) is 0 Å². The second kappa shape index (κ2) is 7.60. The van der Waals surface area contributed by atoms with E-state index < -0.39 is 0 Å². The van der Waals surface area contributed by atoms with Gasteiger partial charge in [-0.25, -0.2) is 0 Å². The normalized spacial score (nSPS) is 19.1. The summed E-state index contributed by atoms with van der Waals surface area (Å²) in [4.78, 5) is 0. The fourth-order valence-corrected chi connectivity index (χ4v) is 1.18. The van der Waals surface area contributed by atoms with E-state index in [1.54, 1.807) is 0 Å². The molecular formula is C13H17. The molecule has 69 valence electrons. The lowest BCUT2D eigenvalue weighted by Crippen LogP contribution is -1.69. The first kappa shape index (κ1) is 10.0. The zero-order chi connectivity index (χ0) is 9.19. The summed E-state index contributed by atoms with van der Waals surface area (Å²) < 4.78 is 0. The van der Waals surface area contributed by atoms with Gasteiger partial charge in [0.15, 0.2) is 0 Å². The van der Waals surface area contributed by atoms with E-state index in [-0.39, 0.29) is 0 Å². The quantitative estimate of drug-likeness (QED) is 0.486. The van der Waals surface area contributed by atoms with Gasteiger partial charge in [0, 0.05) is 0 Å². The Morgan fingerprint density at radius 3 is 2.54 bits per heavy atom. The molecule has 0 aromatic carbocycles. The summed E-state index contributed by atoms with van der Waals surface area (Å²) in [6, 6.07) is 0. The highest BCUT2D eigenvalue weighted by Crippen LogP contribution is 2.00. The van der Waals surface area contributed by atoms with Crippen molar-refractivity contribution < 1.29 is 0 Å². The minimum atomic E-state index is 1.03. The maximum atomic E-state index is 3.25. The largest absolute Gasteiger partial charge is 0.0882 e. The highest BCUT2D eigenvalue weighted by molar-refractivity contribution is 5.03. The molecule has 0 bridgehead atoms. The predicted molar refractivity (Wildman–Crippen MR) is 58.3 cm³/mol. The molecule has 0 fully saturated rings. The van der Waals surface area contributed by atoms with Gasteiger partial charge in [0.2, 0.25) is 0 Å². The molecule has 0 heteroatoms. The summed E-state index contributed by atoms with van der Waals surface area (Å²) in [5.74, 6) is 0. The third-order valence-corrected chi connectivity index (χ3v) is 1.92. The molecular weight excluding hydrogens is 156 g/mol. The van der Waals surface area contributed by atoms with Gasteiger partial charge in [0.05, 0.1) is 0 Å². The maximum absolute atomic E-state index is 3.25. The molecule has 0 spiro atoms. The number of hydrogen-bond donors (Lipinski definition) is 0. The van der Waals surface area contributed by atoms with Crippen molar-refractivity contribution in [1.82, 2.24) is 0 Å². The molecule has 1 rings (SSSR count). The average molecular weight is 173 g/mol. The molecule has 0 N–H and O–H groups in total. The SMILES string of the molecule is [C]1=CC=CCC=CCC=CCCC1. The number of rotatable bonds is 0. The first-order chi connectivity index (χ1) is 6.50. The molecule has 0 amide bonds. The Morgan fingerprint density at radius 1 is 0.846 bits per heavy atom. The molecule has 0 atom stereocenters. The van der Waals surface area contributed by atoms with Gasteiger partial charge >= 0.3 is 0 Å². The fourth-order valence-electron chi connectivity index (χ4n) is 1.18. The number of allylic oxidation sites excluding steroid dienone is 8. The van der Waals surface area contributed by atoms with Crippen LogP contribution < -0.4 is 0 Å². The van der Waals surface area contributed by atoms with Gasteiger partial charge in [0.25, 0.3) is 0 Å². The van der Waals surface area contributed by atoms with Gasteiger partial charge in [0.1, 0.15) is 0 Å². The Labute approximate surface area is 81.4 Å². The molecule has 0 nitrogen and oxygen atoms in total. The van der Waals surface area contributed by atoms with Gasteiger partial charge in [-0.3, -0.25) is 0 Å². The van der Waals surface area contributed by atoms with Crippen molar-refractivity contribution in [3.8, 4) is 0 Å². The second-order valence-corrected chi connectivity index (χ2v) is 3.11. The van der Waals surface area contributed by atoms with E-state index in [9.17, 15) is 0 Å². The van der Waals surface area contributed by atoms with E-state index in [0.717, 1.165) is 19.3 Å². The Hall–Kier alpha value is -1.04. The summed E-state index contributed by atoms with van der Waals surface area (Å²) in [7, 11) is 0. The monoisotopic (exact) mass is 173 g/mol. The van der Waals surface area contributed by atoms with Crippen molar-refractivity contribution in [3.05, 3.63) is 48.6 Å². The molecule has 0 saturated heterocycles. The van der Waals surface area contributed by atoms with Crippen LogP contribution in [0.4, 0.5) is 0 Å². The zero-order valence-electron chi connectivity index (χ0n) is 8.08. The highest BCUT2D eigenvalue weighted by atomic mass is 13.9. The van der Waals surface area contributed by atoms with Crippen molar-refractivity contribution in [2.45, 2.75) is 32.1 Å². The van der Waals surface area contributed by atoms with E-state index in [2.05, 4.69) is 42.5 Å². The zero-order valence-corrected chi connectivity index (χ0v) is 8.08. The highest BCUT2D eigenvalue weighted by Gasteiger charge is 1.81. The van der Waals surface area contributed by atoms with Crippen molar-refractivity contribution >= 4 is 0 Å². The molecule has 0 unspecified atom stereocenters. The summed E-state index contributed by atoms with van der Waals surface area (Å²) >= 11 is 0. The molecule has 1 aliphatic rings. The van der Waals surface area contributed by atoms with Crippen LogP contribution in [0.25, 0.3) is 0 Å². The van der Waals surface area contributed by atoms with Crippen LogP contribution >= 0.6 is 0 Å². The van der Waals surface area contributed by atoms with Crippen molar-refractivity contribution in [2.75, 3.05) is 0 Å². The van der Waals surface area contributed by atoms with Gasteiger partial charge < -0.3 is 0 Å². The standard InChI is InChI=1S/C13H17/c1-2-4-6-8-10-12-13-11-9-7-5-3-1/h1-3,6,8,12-13H,4,7,9-11H2. The molecule has 0 heterocycles. The first-order valence-electron chi connectivity index (χ1n) is 5.02. The van der Waals surface area contributed by atoms with Gasteiger partial charge in [-0.15, -0.1) is 0 Å². The van der Waals surface area contributed by atoms with Gasteiger partial charge in [-0.2, -0.15) is 0 Å². The van der Waals surface area contributed by atoms with Gasteiger partial charge in [-0.05, 0) is 38.2 Å². The molecule has 0 aromatic rings. The van der Waals surface area contributed by atoms with Crippen LogP contribution in [0, 0.1) is 6.08 Å². The Morgan fingerprint density at radius 2 is 1.62 bits per heavy atom. The molecule has 0 aromatic heterocycles. The molecule has 1 radical (unpaired) electrons. The molecule has 13 heavy (non-hydrogen) atoms. The predicted octanol–water partition coefficient (Wildman–Crippen LogP) is 3.98. The third kappa shape index (κ3) is 6.15. The minimum absolute atomic E-state index is 1.03. The van der Waals surface area contributed by atoms with Crippen LogP contribution in [0.1, 0.15) is 32.1 Å². The lowest BCUT2D eigenvalue weighted by atomic mass is 10.2. The molecule has 1 aliphatic carbocycles. The van der Waals surface area contributed by atoms with Crippen LogP contribution in [-0.4, -0.2) is 0 Å². The Bertz CT molecular complexity index is 216. The van der Waals surface area contributed by atoms with E-state index in [1.807, 2.05) is 6.08 Å². The topological polar surface area (TPSA) is 0 Å². The number of hydrogen-bond acceptors (Lipinski definition) is 0. The lowest BCUT2D eigenvalue weighted by molar-refractivity contribution is 0.853. The minimum Gasteiger partial charge on any atom is -0.0882 e. The molecule has 0 aliphatic heterocycles. The summed E-state index contributed by atoms with van der Waals surface area (Å²) in [6.45, 7) is 0. The van der Waals surface area contributed by atoms with E-state index in [1.165, 1.54) is 12.8 Å². The van der Waals surface area contributed by atoms with Crippen LogP contribution in [0.15, 0.2) is 42.5 Å². The van der Waals surface area contributed by atoms with E-state index in [0.29, 0.717) is 0 Å². The van der Waals surface area contributed by atoms with Crippen LogP contribution in [0.3, 0.4) is 0 Å². The van der Waals surface area contributed by atoms with Crippen molar-refractivity contribution in [2.24, 2.45) is 0 Å².